The molecule has 1 aliphatic heterocycles. The maximum absolute atomic E-state index is 11.7. The molecule has 1 aliphatic carbocycles. The molecule has 0 unspecified atom stereocenters. The normalized spacial score (nSPS) is 24.4. The lowest BCUT2D eigenvalue weighted by atomic mass is 10.1. The number of carboxylic acids is 1. The minimum atomic E-state index is -5.08. The molecule has 1 saturated heterocycles. The minimum absolute atomic E-state index is 0.00869. The van der Waals surface area contributed by atoms with Gasteiger partial charge in [-0.3, -0.25) is 9.69 Å². The lowest BCUT2D eigenvalue weighted by Crippen LogP contribution is -2.51. The lowest BCUT2D eigenvalue weighted by molar-refractivity contribution is -0.192. The fourth-order valence-corrected chi connectivity index (χ4v) is 3.95. The summed E-state index contributed by atoms with van der Waals surface area (Å²) in [5.74, 6) is -2.75. The molecule has 1 N–H and O–H groups in total. The molecule has 3 atom stereocenters. The zero-order valence-electron chi connectivity index (χ0n) is 16.2. The molecule has 0 bridgehead atoms. The fraction of sp³-hybridized carbons (Fsp3) is 0.667. The van der Waals surface area contributed by atoms with Crippen molar-refractivity contribution in [3.05, 3.63) is 22.4 Å². The molecule has 2 fully saturated rings. The van der Waals surface area contributed by atoms with Gasteiger partial charge in [-0.2, -0.15) is 24.5 Å². The number of morpholine rings is 1. The Morgan fingerprint density at radius 2 is 2.07 bits per heavy atom. The van der Waals surface area contributed by atoms with E-state index in [0.29, 0.717) is 6.04 Å². The SMILES string of the molecule is CN(C)C(=O)CO[C@@H]1CC[C@H]2[C@H]1OCCN2Cc1ccsc1.O=C(O)C(F)(F)F. The molecule has 11 heteroatoms. The van der Waals surface area contributed by atoms with Crippen LogP contribution in [0.25, 0.3) is 0 Å². The van der Waals surface area contributed by atoms with Crippen LogP contribution in [0.4, 0.5) is 13.2 Å². The smallest absolute Gasteiger partial charge is 0.475 e. The number of hydrogen-bond acceptors (Lipinski definition) is 6. The Hall–Kier alpha value is -1.69. The Kier molecular flexibility index (Phi) is 8.44. The second-order valence-corrected chi connectivity index (χ2v) is 7.80. The van der Waals surface area contributed by atoms with Gasteiger partial charge in [-0.1, -0.05) is 0 Å². The monoisotopic (exact) mass is 438 g/mol. The van der Waals surface area contributed by atoms with Crippen LogP contribution in [0.5, 0.6) is 0 Å². The number of rotatable bonds is 5. The number of aliphatic carboxylic acids is 1. The number of amides is 1. The van der Waals surface area contributed by atoms with Crippen LogP contribution in [0.2, 0.25) is 0 Å². The predicted molar refractivity (Wildman–Crippen MR) is 99.6 cm³/mol. The molecule has 1 amide bonds. The molecule has 1 saturated carbocycles. The van der Waals surface area contributed by atoms with E-state index in [0.717, 1.165) is 32.5 Å². The quantitative estimate of drug-likeness (QED) is 0.760. The number of alkyl halides is 3. The Bertz CT molecular complexity index is 669. The highest BCUT2D eigenvalue weighted by atomic mass is 32.1. The minimum Gasteiger partial charge on any atom is -0.475 e. The van der Waals surface area contributed by atoms with Gasteiger partial charge in [-0.15, -0.1) is 0 Å². The molecule has 0 aromatic carbocycles. The summed E-state index contributed by atoms with van der Waals surface area (Å²) in [7, 11) is 3.51. The average Bonchev–Trinajstić information content (AvgIpc) is 3.29. The van der Waals surface area contributed by atoms with Crippen molar-refractivity contribution in [2.75, 3.05) is 33.9 Å². The van der Waals surface area contributed by atoms with E-state index in [2.05, 4.69) is 21.7 Å². The van der Waals surface area contributed by atoms with E-state index in [1.54, 1.807) is 30.3 Å². The number of ether oxygens (including phenoxy) is 2. The first-order valence-corrected chi connectivity index (χ1v) is 10.0. The molecule has 1 aromatic heterocycles. The summed E-state index contributed by atoms with van der Waals surface area (Å²) in [6.45, 7) is 2.85. The summed E-state index contributed by atoms with van der Waals surface area (Å²) in [5.41, 5.74) is 1.37. The van der Waals surface area contributed by atoms with Crippen LogP contribution in [0.1, 0.15) is 18.4 Å². The van der Waals surface area contributed by atoms with Gasteiger partial charge in [0.2, 0.25) is 5.91 Å². The Morgan fingerprint density at radius 1 is 1.38 bits per heavy atom. The third-order valence-electron chi connectivity index (χ3n) is 4.78. The summed E-state index contributed by atoms with van der Waals surface area (Å²) in [5, 5.41) is 11.5. The number of nitrogens with zero attached hydrogens (tertiary/aromatic N) is 2. The molecule has 0 spiro atoms. The van der Waals surface area contributed by atoms with Crippen molar-refractivity contribution in [1.82, 2.24) is 9.80 Å². The molecule has 164 valence electrons. The van der Waals surface area contributed by atoms with Crippen LogP contribution in [0, 0.1) is 0 Å². The second kappa shape index (κ2) is 10.4. The molecule has 2 heterocycles. The second-order valence-electron chi connectivity index (χ2n) is 7.02. The zero-order chi connectivity index (χ0) is 21.6. The number of thiophene rings is 1. The van der Waals surface area contributed by atoms with Gasteiger partial charge in [-0.25, -0.2) is 4.79 Å². The number of carbonyl (C=O) groups excluding carboxylic acids is 1. The van der Waals surface area contributed by atoms with Crippen molar-refractivity contribution in [1.29, 1.82) is 0 Å². The Balaban J connectivity index is 0.000000370. The van der Waals surface area contributed by atoms with Gasteiger partial charge in [0.1, 0.15) is 6.61 Å². The van der Waals surface area contributed by atoms with Crippen LogP contribution in [0.15, 0.2) is 16.8 Å². The van der Waals surface area contributed by atoms with Crippen LogP contribution in [0.3, 0.4) is 0 Å². The van der Waals surface area contributed by atoms with E-state index < -0.39 is 12.1 Å². The van der Waals surface area contributed by atoms with Crippen molar-refractivity contribution >= 4 is 23.2 Å². The van der Waals surface area contributed by atoms with Gasteiger partial charge in [0, 0.05) is 33.2 Å². The maximum atomic E-state index is 11.7. The van der Waals surface area contributed by atoms with E-state index in [4.69, 9.17) is 19.4 Å². The average molecular weight is 438 g/mol. The van der Waals surface area contributed by atoms with E-state index >= 15 is 0 Å². The third-order valence-corrected chi connectivity index (χ3v) is 5.51. The summed E-state index contributed by atoms with van der Waals surface area (Å²) >= 11 is 1.74. The molecular formula is C18H25F3N2O5S. The number of hydrogen-bond donors (Lipinski definition) is 1. The third kappa shape index (κ3) is 6.95. The largest absolute Gasteiger partial charge is 0.490 e. The molecular weight excluding hydrogens is 413 g/mol. The summed E-state index contributed by atoms with van der Waals surface area (Å²) < 4.78 is 43.5. The van der Waals surface area contributed by atoms with Crippen LogP contribution in [-0.2, 0) is 25.6 Å². The van der Waals surface area contributed by atoms with Crippen molar-refractivity contribution in [3.8, 4) is 0 Å². The summed E-state index contributed by atoms with van der Waals surface area (Å²) in [4.78, 5) is 24.7. The van der Waals surface area contributed by atoms with Crippen LogP contribution >= 0.6 is 11.3 Å². The van der Waals surface area contributed by atoms with E-state index in [1.807, 2.05) is 0 Å². The van der Waals surface area contributed by atoms with Crippen LogP contribution in [-0.4, -0.2) is 85.1 Å². The van der Waals surface area contributed by atoms with Gasteiger partial charge in [0.25, 0.3) is 0 Å². The van der Waals surface area contributed by atoms with Crippen molar-refractivity contribution in [3.63, 3.8) is 0 Å². The highest BCUT2D eigenvalue weighted by Gasteiger charge is 2.43. The van der Waals surface area contributed by atoms with Gasteiger partial charge >= 0.3 is 12.1 Å². The standard InChI is InChI=1S/C16H24N2O3S.C2HF3O2/c1-17(2)15(19)10-21-14-4-3-13-16(14)20-7-6-18(13)9-12-5-8-22-11-12;3-2(4,5)1(6)7/h5,8,11,13-14,16H,3-4,6-7,9-10H2,1-2H3;(H,6,7)/t13-,14+,16+;/m0./s1. The lowest BCUT2D eigenvalue weighted by Gasteiger charge is -2.39. The topological polar surface area (TPSA) is 79.3 Å². The number of carbonyl (C=O) groups is 2. The zero-order valence-corrected chi connectivity index (χ0v) is 17.0. The first-order valence-electron chi connectivity index (χ1n) is 9.08. The first-order chi connectivity index (χ1) is 13.6. The van der Waals surface area contributed by atoms with Gasteiger partial charge in [0.05, 0.1) is 18.8 Å². The van der Waals surface area contributed by atoms with Crippen molar-refractivity contribution in [2.24, 2.45) is 0 Å². The Morgan fingerprint density at radius 3 is 2.62 bits per heavy atom. The molecule has 3 rings (SSSR count). The maximum Gasteiger partial charge on any atom is 0.490 e. The molecule has 0 radical (unpaired) electrons. The summed E-state index contributed by atoms with van der Waals surface area (Å²) in [6.07, 6.45) is -2.90. The predicted octanol–water partition coefficient (Wildman–Crippen LogP) is 2.22. The highest BCUT2D eigenvalue weighted by Crippen LogP contribution is 2.33. The summed E-state index contributed by atoms with van der Waals surface area (Å²) in [6, 6.07) is 2.60. The highest BCUT2D eigenvalue weighted by molar-refractivity contribution is 7.07. The van der Waals surface area contributed by atoms with Crippen LogP contribution < -0.4 is 0 Å². The number of carboxylic acid groups (broad SMARTS) is 1. The molecule has 1 aromatic rings. The van der Waals surface area contributed by atoms with Gasteiger partial charge in [-0.05, 0) is 35.2 Å². The van der Waals surface area contributed by atoms with Crippen molar-refractivity contribution < 1.29 is 37.3 Å². The molecule has 2 aliphatic rings. The van der Waals surface area contributed by atoms with Gasteiger partial charge < -0.3 is 19.5 Å². The fourth-order valence-electron chi connectivity index (χ4n) is 3.29. The molecule has 7 nitrogen and oxygen atoms in total. The van der Waals surface area contributed by atoms with E-state index in [9.17, 15) is 18.0 Å². The number of fused-ring (bicyclic) bond motifs is 1. The number of likely N-dealkylation sites (N-methyl/N-ethyl adjacent to an activating group) is 1. The number of halogens is 3. The first kappa shape index (κ1) is 23.6. The van der Waals surface area contributed by atoms with Crippen molar-refractivity contribution in [2.45, 2.75) is 43.8 Å². The van der Waals surface area contributed by atoms with Gasteiger partial charge in [0.15, 0.2) is 0 Å². The van der Waals surface area contributed by atoms with E-state index in [1.165, 1.54) is 5.56 Å². The molecule has 29 heavy (non-hydrogen) atoms. The van der Waals surface area contributed by atoms with E-state index in [-0.39, 0.29) is 24.7 Å². The Labute approximate surface area is 171 Å².